The molecule has 0 radical (unpaired) electrons. The van der Waals surface area contributed by atoms with E-state index in [9.17, 15) is 0 Å². The average Bonchev–Trinajstić information content (AvgIpc) is 3.17. The predicted octanol–water partition coefficient (Wildman–Crippen LogP) is 6.98. The van der Waals surface area contributed by atoms with E-state index in [1.807, 2.05) is 12.3 Å². The Hall–Kier alpha value is -2.06. The van der Waals surface area contributed by atoms with Crippen LogP contribution in [-0.2, 0) is 16.0 Å². The number of benzene rings is 1. The number of piperidine rings is 1. The molecule has 1 aliphatic heterocycles. The highest BCUT2D eigenvalue weighted by molar-refractivity contribution is 6.73. The fourth-order valence-corrected chi connectivity index (χ4v) is 5.42. The first-order chi connectivity index (χ1) is 16.6. The van der Waals surface area contributed by atoms with Gasteiger partial charge in [0.25, 0.3) is 0 Å². The number of hydrogen-bond donors (Lipinski definition) is 0. The molecule has 7 heteroatoms. The molecule has 190 valence electrons. The van der Waals surface area contributed by atoms with Gasteiger partial charge in [-0.2, -0.15) is 0 Å². The number of aromatic nitrogens is 3. The number of imidazole rings is 1. The number of likely N-dealkylation sites (tertiary alicyclic amines) is 1. The van der Waals surface area contributed by atoms with Gasteiger partial charge in [-0.15, -0.1) is 0 Å². The van der Waals surface area contributed by atoms with Crippen LogP contribution < -0.4 is 0 Å². The van der Waals surface area contributed by atoms with Gasteiger partial charge in [-0.3, -0.25) is 14.5 Å². The maximum absolute atomic E-state index is 5.94. The normalized spacial score (nSPS) is 20.0. The summed E-state index contributed by atoms with van der Waals surface area (Å²) in [7, 11) is 0.328. The van der Waals surface area contributed by atoms with Crippen LogP contribution >= 0.6 is 0 Å². The van der Waals surface area contributed by atoms with Gasteiger partial charge < -0.3 is 4.57 Å². The number of fused-ring (bicyclic) bond motifs is 1. The number of hydrogen-bond acceptors (Lipinski definition) is 5. The van der Waals surface area contributed by atoms with Crippen molar-refractivity contribution in [1.82, 2.24) is 19.4 Å². The molecule has 0 N–H and O–H groups in total. The largest absolute Gasteiger partial charge is 0.327 e. The summed E-state index contributed by atoms with van der Waals surface area (Å²) in [6.45, 7) is 14.7. The molecule has 3 heterocycles. The topological polar surface area (TPSA) is 52.4 Å². The Balaban J connectivity index is 1.52. The van der Waals surface area contributed by atoms with Gasteiger partial charge in [-0.05, 0) is 81.5 Å². The SMILES string of the molecule is Cc1cccnc1[C@@H]1CCC[C@H](c2nc3ccccc3n2CCCOO[Si](C)(C)C(C)(C)C)N1C. The van der Waals surface area contributed by atoms with E-state index >= 15 is 0 Å². The molecule has 1 aromatic carbocycles. The molecule has 1 fully saturated rings. The van der Waals surface area contributed by atoms with Crippen LogP contribution in [0.25, 0.3) is 11.0 Å². The first kappa shape index (κ1) is 26.0. The van der Waals surface area contributed by atoms with Gasteiger partial charge in [0.15, 0.2) is 0 Å². The van der Waals surface area contributed by atoms with Crippen molar-refractivity contribution < 1.29 is 9.46 Å². The van der Waals surface area contributed by atoms with Crippen LogP contribution in [-0.4, -0.2) is 41.4 Å². The minimum atomic E-state index is -1.91. The van der Waals surface area contributed by atoms with Crippen LogP contribution in [0.4, 0.5) is 0 Å². The van der Waals surface area contributed by atoms with E-state index < -0.39 is 8.32 Å². The van der Waals surface area contributed by atoms with Crippen molar-refractivity contribution in [2.24, 2.45) is 0 Å². The fraction of sp³-hybridized carbons (Fsp3) is 0.571. The Labute approximate surface area is 211 Å². The van der Waals surface area contributed by atoms with Crippen molar-refractivity contribution >= 4 is 19.4 Å². The van der Waals surface area contributed by atoms with E-state index in [0.29, 0.717) is 12.6 Å². The number of nitrogens with zero attached hydrogens (tertiary/aromatic N) is 4. The lowest BCUT2D eigenvalue weighted by atomic mass is 9.92. The second-order valence-corrected chi connectivity index (χ2v) is 16.2. The minimum Gasteiger partial charge on any atom is -0.327 e. The van der Waals surface area contributed by atoms with Gasteiger partial charge in [-0.25, -0.2) is 9.87 Å². The molecule has 6 nitrogen and oxygen atoms in total. The van der Waals surface area contributed by atoms with Crippen LogP contribution in [0.3, 0.4) is 0 Å². The predicted molar refractivity (Wildman–Crippen MR) is 145 cm³/mol. The summed E-state index contributed by atoms with van der Waals surface area (Å²) < 4.78 is 8.34. The Bertz CT molecular complexity index is 1140. The number of para-hydroxylation sites is 2. The van der Waals surface area contributed by atoms with E-state index in [4.69, 9.17) is 19.4 Å². The third-order valence-corrected chi connectivity index (χ3v) is 12.1. The Morgan fingerprint density at radius 1 is 1.06 bits per heavy atom. The highest BCUT2D eigenvalue weighted by Gasteiger charge is 2.39. The molecule has 0 saturated carbocycles. The summed E-state index contributed by atoms with van der Waals surface area (Å²) in [5, 5.41) is 0.134. The summed E-state index contributed by atoms with van der Waals surface area (Å²) in [6, 6.07) is 13.2. The number of rotatable bonds is 8. The van der Waals surface area contributed by atoms with Gasteiger partial charge >= 0.3 is 0 Å². The molecular formula is C28H42N4O2Si. The first-order valence-corrected chi connectivity index (χ1v) is 15.9. The summed E-state index contributed by atoms with van der Waals surface area (Å²) in [5.41, 5.74) is 4.71. The second-order valence-electron chi connectivity index (χ2n) is 11.5. The van der Waals surface area contributed by atoms with Gasteiger partial charge in [0.05, 0.1) is 35.4 Å². The summed E-state index contributed by atoms with van der Waals surface area (Å²) in [6.07, 6.45) is 6.20. The lowest BCUT2D eigenvalue weighted by Gasteiger charge is -2.39. The summed E-state index contributed by atoms with van der Waals surface area (Å²) in [4.78, 5) is 18.1. The van der Waals surface area contributed by atoms with Gasteiger partial charge in [0.2, 0.25) is 8.32 Å². The highest BCUT2D eigenvalue weighted by Crippen LogP contribution is 2.41. The molecule has 2 atom stereocenters. The molecule has 0 bridgehead atoms. The van der Waals surface area contributed by atoms with Gasteiger partial charge in [-0.1, -0.05) is 39.0 Å². The molecule has 3 aromatic rings. The molecule has 2 aromatic heterocycles. The second kappa shape index (κ2) is 10.5. The monoisotopic (exact) mass is 494 g/mol. The number of aryl methyl sites for hydroxylation is 2. The number of pyridine rings is 1. The van der Waals surface area contributed by atoms with Crippen molar-refractivity contribution in [1.29, 1.82) is 0 Å². The van der Waals surface area contributed by atoms with Crippen molar-refractivity contribution in [2.75, 3.05) is 13.7 Å². The zero-order chi connectivity index (χ0) is 25.2. The maximum atomic E-state index is 5.94. The lowest BCUT2D eigenvalue weighted by molar-refractivity contribution is -0.221. The zero-order valence-corrected chi connectivity index (χ0v) is 23.5. The third kappa shape index (κ3) is 5.53. The molecule has 35 heavy (non-hydrogen) atoms. The van der Waals surface area contributed by atoms with Crippen molar-refractivity contribution in [3.8, 4) is 0 Å². The summed E-state index contributed by atoms with van der Waals surface area (Å²) >= 11 is 0. The summed E-state index contributed by atoms with van der Waals surface area (Å²) in [5.74, 6) is 1.15. The Morgan fingerprint density at radius 2 is 1.80 bits per heavy atom. The standard InChI is InChI=1S/C28H42N4O2Si/c1-21-13-11-18-29-26(21)24-16-10-17-25(31(24)5)27-30-22-14-8-9-15-23(22)32(27)19-12-20-33-34-35(6,7)28(2,3)4/h8-9,11,13-15,18,24-25H,10,12,16-17,19-20H2,1-7H3/t24-,25+/m0/s1. The van der Waals surface area contributed by atoms with Crippen molar-refractivity contribution in [3.63, 3.8) is 0 Å². The lowest BCUT2D eigenvalue weighted by Crippen LogP contribution is -2.40. The van der Waals surface area contributed by atoms with Crippen LogP contribution in [0.5, 0.6) is 0 Å². The van der Waals surface area contributed by atoms with E-state index in [-0.39, 0.29) is 11.1 Å². The molecule has 0 aliphatic carbocycles. The van der Waals surface area contributed by atoms with Crippen molar-refractivity contribution in [2.45, 2.75) is 90.1 Å². The van der Waals surface area contributed by atoms with Gasteiger partial charge in [0.1, 0.15) is 5.82 Å². The molecule has 4 rings (SSSR count). The van der Waals surface area contributed by atoms with E-state index in [1.165, 1.54) is 23.2 Å². The van der Waals surface area contributed by atoms with Crippen LogP contribution in [0.15, 0.2) is 42.6 Å². The zero-order valence-electron chi connectivity index (χ0n) is 22.5. The molecule has 1 saturated heterocycles. The molecular weight excluding hydrogens is 452 g/mol. The highest BCUT2D eigenvalue weighted by atomic mass is 28.4. The first-order valence-electron chi connectivity index (χ1n) is 13.0. The average molecular weight is 495 g/mol. The fourth-order valence-electron chi connectivity index (χ4n) is 4.80. The molecule has 1 aliphatic rings. The van der Waals surface area contributed by atoms with E-state index in [1.54, 1.807) is 0 Å². The van der Waals surface area contributed by atoms with E-state index in [2.05, 4.69) is 87.6 Å². The van der Waals surface area contributed by atoms with E-state index in [0.717, 1.165) is 37.1 Å². The van der Waals surface area contributed by atoms with Crippen LogP contribution in [0, 0.1) is 6.92 Å². The molecule has 0 spiro atoms. The third-order valence-electron chi connectivity index (χ3n) is 7.97. The Morgan fingerprint density at radius 3 is 2.54 bits per heavy atom. The smallest absolute Gasteiger partial charge is 0.238 e. The minimum absolute atomic E-state index is 0.134. The van der Waals surface area contributed by atoms with Crippen LogP contribution in [0.1, 0.15) is 75.6 Å². The quantitative estimate of drug-likeness (QED) is 0.146. The van der Waals surface area contributed by atoms with Gasteiger partial charge in [0, 0.05) is 12.7 Å². The van der Waals surface area contributed by atoms with Crippen molar-refractivity contribution in [3.05, 3.63) is 59.7 Å². The Kier molecular flexibility index (Phi) is 7.81. The molecule has 0 unspecified atom stereocenters. The molecule has 0 amide bonds. The van der Waals surface area contributed by atoms with Crippen LogP contribution in [0.2, 0.25) is 18.1 Å². The maximum Gasteiger partial charge on any atom is 0.238 e.